The minimum absolute atomic E-state index is 0.0155. The van der Waals surface area contributed by atoms with Crippen LogP contribution in [0.2, 0.25) is 0 Å². The lowest BCUT2D eigenvalue weighted by Crippen LogP contribution is -2.27. The van der Waals surface area contributed by atoms with Crippen LogP contribution in [0.4, 0.5) is 34.1 Å². The third kappa shape index (κ3) is 16.2. The Bertz CT molecular complexity index is 3030. The van der Waals surface area contributed by atoms with E-state index >= 15 is 0 Å². The lowest BCUT2D eigenvalue weighted by atomic mass is 9.69. The molecule has 0 heterocycles. The van der Waals surface area contributed by atoms with E-state index in [-0.39, 0.29) is 16.2 Å². The topological polar surface area (TPSA) is 6.48 Å². The van der Waals surface area contributed by atoms with Gasteiger partial charge in [0, 0.05) is 39.5 Å². The number of unbranched alkanes of at least 4 members (excludes halogenated alkanes) is 12. The van der Waals surface area contributed by atoms with Crippen molar-refractivity contribution in [2.24, 2.45) is 5.92 Å². The first-order valence-corrected chi connectivity index (χ1v) is 34.1. The number of fused-ring (bicyclic) bond motifs is 3. The fourth-order valence-electron chi connectivity index (χ4n) is 13.9. The van der Waals surface area contributed by atoms with Crippen LogP contribution in [0.5, 0.6) is 0 Å². The standard InChI is InChI=1S/C82H110N2/c1-12-17-21-23-25-27-59-82(60-28-26-24-22-18-13-2)78-61-67(39-55-76(78)77-56-42-69(62-79(77)82)80(8,9)57-16-5)66-37-47-72(48-38-66)83(70-43-33-64(34-44-70)31-19-14-3)74-51-53-75(54-52-74)84(71-45-35-65(36-46-71)32-20-15-4)73-49-40-68(41-50-73)81(10,11)58-29-30-63(6)7/h33-56,61-63H,12-32,57-60H2,1-11H3. The molecule has 0 unspecified atom stereocenters. The summed E-state index contributed by atoms with van der Waals surface area (Å²) in [5, 5.41) is 0. The van der Waals surface area contributed by atoms with Crippen molar-refractivity contribution in [1.29, 1.82) is 0 Å². The molecule has 0 atom stereocenters. The van der Waals surface area contributed by atoms with E-state index in [1.54, 1.807) is 11.1 Å². The maximum Gasteiger partial charge on any atom is 0.0463 e. The fourth-order valence-corrected chi connectivity index (χ4v) is 13.9. The lowest BCUT2D eigenvalue weighted by molar-refractivity contribution is 0.396. The van der Waals surface area contributed by atoms with Gasteiger partial charge in [-0.2, -0.15) is 0 Å². The van der Waals surface area contributed by atoms with E-state index in [0.29, 0.717) is 0 Å². The number of rotatable bonds is 35. The SMILES string of the molecule is CCCCCCCCC1(CCCCCCCC)c2cc(-c3ccc(N(c4ccc(CCCC)cc4)c4ccc(N(c5ccc(CCCC)cc5)c5ccc(C(C)(C)CCCC(C)C)cc5)cc4)cc3)ccc2-c2ccc(C(C)(C)CCC)cc21. The molecule has 0 saturated heterocycles. The summed E-state index contributed by atoms with van der Waals surface area (Å²) < 4.78 is 0. The summed E-state index contributed by atoms with van der Waals surface area (Å²) in [6, 6.07) is 62.3. The molecule has 7 aromatic carbocycles. The fraction of sp³-hybridized carbons (Fsp3) is 0.488. The number of hydrogen-bond donors (Lipinski definition) is 0. The molecule has 84 heavy (non-hydrogen) atoms. The van der Waals surface area contributed by atoms with Gasteiger partial charge in [-0.3, -0.25) is 0 Å². The van der Waals surface area contributed by atoms with E-state index in [1.807, 2.05) is 0 Å². The van der Waals surface area contributed by atoms with Crippen molar-refractivity contribution < 1.29 is 0 Å². The maximum absolute atomic E-state index is 2.70. The van der Waals surface area contributed by atoms with Crippen LogP contribution in [0.15, 0.2) is 158 Å². The molecular formula is C82H110N2. The predicted molar refractivity (Wildman–Crippen MR) is 370 cm³/mol. The van der Waals surface area contributed by atoms with Crippen molar-refractivity contribution in [1.82, 2.24) is 0 Å². The van der Waals surface area contributed by atoms with Crippen LogP contribution in [-0.2, 0) is 29.1 Å². The van der Waals surface area contributed by atoms with Gasteiger partial charge in [0.05, 0.1) is 0 Å². The molecule has 0 aromatic heterocycles. The predicted octanol–water partition coefficient (Wildman–Crippen LogP) is 25.9. The minimum Gasteiger partial charge on any atom is -0.311 e. The molecule has 0 radical (unpaired) electrons. The number of benzene rings is 7. The van der Waals surface area contributed by atoms with Crippen molar-refractivity contribution in [3.8, 4) is 22.3 Å². The Morgan fingerprint density at radius 2 is 0.714 bits per heavy atom. The normalized spacial score (nSPS) is 12.9. The van der Waals surface area contributed by atoms with Gasteiger partial charge in [0.2, 0.25) is 0 Å². The van der Waals surface area contributed by atoms with Crippen molar-refractivity contribution in [3.63, 3.8) is 0 Å². The number of nitrogens with zero attached hydrogens (tertiary/aromatic N) is 2. The van der Waals surface area contributed by atoms with Crippen molar-refractivity contribution in [2.75, 3.05) is 9.80 Å². The third-order valence-electron chi connectivity index (χ3n) is 19.3. The highest BCUT2D eigenvalue weighted by Crippen LogP contribution is 2.56. The summed E-state index contributed by atoms with van der Waals surface area (Å²) in [4.78, 5) is 4.91. The van der Waals surface area contributed by atoms with Gasteiger partial charge in [-0.15, -0.1) is 0 Å². The van der Waals surface area contributed by atoms with Crippen LogP contribution in [0, 0.1) is 5.92 Å². The molecule has 0 bridgehead atoms. The zero-order chi connectivity index (χ0) is 59.5. The first kappa shape index (κ1) is 64.1. The molecule has 0 fully saturated rings. The molecule has 448 valence electrons. The molecule has 0 amide bonds. The van der Waals surface area contributed by atoms with Gasteiger partial charge in [-0.05, 0) is 203 Å². The molecule has 8 rings (SSSR count). The highest BCUT2D eigenvalue weighted by molar-refractivity contribution is 5.86. The average Bonchev–Trinajstić information content (AvgIpc) is 3.24. The summed E-state index contributed by atoms with van der Waals surface area (Å²) in [5.41, 5.74) is 21.7. The molecule has 0 aliphatic heterocycles. The summed E-state index contributed by atoms with van der Waals surface area (Å²) in [7, 11) is 0. The summed E-state index contributed by atoms with van der Waals surface area (Å²) >= 11 is 0. The quantitative estimate of drug-likeness (QED) is 0.0365. The maximum atomic E-state index is 2.70. The highest BCUT2D eigenvalue weighted by Gasteiger charge is 2.43. The van der Waals surface area contributed by atoms with E-state index < -0.39 is 0 Å². The van der Waals surface area contributed by atoms with Crippen LogP contribution < -0.4 is 9.80 Å². The third-order valence-corrected chi connectivity index (χ3v) is 19.3. The van der Waals surface area contributed by atoms with Gasteiger partial charge in [0.25, 0.3) is 0 Å². The first-order valence-electron chi connectivity index (χ1n) is 34.1. The molecule has 1 aliphatic carbocycles. The van der Waals surface area contributed by atoms with E-state index in [9.17, 15) is 0 Å². The Balaban J connectivity index is 1.16. The Hall–Kier alpha value is -5.86. The lowest BCUT2D eigenvalue weighted by Gasteiger charge is -2.34. The summed E-state index contributed by atoms with van der Waals surface area (Å²) in [6.45, 7) is 26.1. The number of anilines is 6. The second-order valence-corrected chi connectivity index (χ2v) is 27.3. The first-order chi connectivity index (χ1) is 40.7. The van der Waals surface area contributed by atoms with Gasteiger partial charge in [-0.1, -0.05) is 264 Å². The van der Waals surface area contributed by atoms with Gasteiger partial charge < -0.3 is 9.80 Å². The number of hydrogen-bond acceptors (Lipinski definition) is 2. The molecule has 2 nitrogen and oxygen atoms in total. The zero-order valence-electron chi connectivity index (χ0n) is 54.7. The Morgan fingerprint density at radius 1 is 0.345 bits per heavy atom. The van der Waals surface area contributed by atoms with E-state index in [1.165, 1.54) is 209 Å². The van der Waals surface area contributed by atoms with Crippen molar-refractivity contribution >= 4 is 34.1 Å². The van der Waals surface area contributed by atoms with Crippen LogP contribution in [0.25, 0.3) is 22.3 Å². The minimum atomic E-state index is 0.0155. The van der Waals surface area contributed by atoms with Crippen LogP contribution >= 0.6 is 0 Å². The summed E-state index contributed by atoms with van der Waals surface area (Å²) in [6.07, 6.45) is 31.5. The zero-order valence-corrected chi connectivity index (χ0v) is 54.7. The molecule has 0 saturated carbocycles. The second-order valence-electron chi connectivity index (χ2n) is 27.3. The molecule has 0 N–H and O–H groups in total. The molecule has 7 aromatic rings. The van der Waals surface area contributed by atoms with Crippen LogP contribution in [0.1, 0.15) is 257 Å². The van der Waals surface area contributed by atoms with Crippen LogP contribution in [-0.4, -0.2) is 0 Å². The monoisotopic (exact) mass is 1120 g/mol. The number of aryl methyl sites for hydroxylation is 2. The molecular weight excluding hydrogens is 1010 g/mol. The van der Waals surface area contributed by atoms with Crippen LogP contribution in [0.3, 0.4) is 0 Å². The summed E-state index contributed by atoms with van der Waals surface area (Å²) in [5.74, 6) is 0.735. The average molecular weight is 1120 g/mol. The van der Waals surface area contributed by atoms with Gasteiger partial charge in [0.1, 0.15) is 0 Å². The van der Waals surface area contributed by atoms with Crippen molar-refractivity contribution in [2.45, 2.75) is 253 Å². The smallest absolute Gasteiger partial charge is 0.0463 e. The van der Waals surface area contributed by atoms with Gasteiger partial charge in [0.15, 0.2) is 0 Å². The van der Waals surface area contributed by atoms with Gasteiger partial charge >= 0.3 is 0 Å². The van der Waals surface area contributed by atoms with Crippen molar-refractivity contribution in [3.05, 3.63) is 191 Å². The second kappa shape index (κ2) is 31.0. The molecule has 0 spiro atoms. The highest BCUT2D eigenvalue weighted by atomic mass is 15.2. The van der Waals surface area contributed by atoms with E-state index in [4.69, 9.17) is 0 Å². The largest absolute Gasteiger partial charge is 0.311 e. The molecule has 1 aliphatic rings. The van der Waals surface area contributed by atoms with E-state index in [0.717, 1.165) is 35.8 Å². The Labute approximate surface area is 513 Å². The Kier molecular flexibility index (Phi) is 23.7. The van der Waals surface area contributed by atoms with Gasteiger partial charge in [-0.25, -0.2) is 0 Å². The molecule has 2 heteroatoms. The Morgan fingerprint density at radius 3 is 1.17 bits per heavy atom. The van der Waals surface area contributed by atoms with E-state index in [2.05, 4.69) is 244 Å².